The van der Waals surface area contributed by atoms with Crippen LogP contribution < -0.4 is 10.6 Å². The van der Waals surface area contributed by atoms with Gasteiger partial charge in [0.25, 0.3) is 0 Å². The number of anilines is 1. The minimum absolute atomic E-state index is 0.268. The number of H-pyrrole nitrogens is 1. The van der Waals surface area contributed by atoms with Gasteiger partial charge >= 0.3 is 5.69 Å². The molecule has 108 valence electrons. The van der Waals surface area contributed by atoms with Crippen LogP contribution in [-0.2, 0) is 0 Å². The van der Waals surface area contributed by atoms with Gasteiger partial charge in [0, 0.05) is 19.2 Å². The van der Waals surface area contributed by atoms with Crippen molar-refractivity contribution in [1.29, 1.82) is 0 Å². The first kappa shape index (κ1) is 13.1. The lowest BCUT2D eigenvalue weighted by Crippen LogP contribution is -2.29. The minimum atomic E-state index is -0.600. The summed E-state index contributed by atoms with van der Waals surface area (Å²) in [6.45, 7) is 5.28. The number of aromatic amines is 1. The smallest absolute Gasteiger partial charge is 0.349 e. The van der Waals surface area contributed by atoms with E-state index in [1.54, 1.807) is 6.92 Å². The summed E-state index contributed by atoms with van der Waals surface area (Å²) in [7, 11) is 0. The molecule has 0 radical (unpaired) electrons. The molecule has 1 unspecified atom stereocenters. The summed E-state index contributed by atoms with van der Waals surface area (Å²) in [4.78, 5) is 18.2. The van der Waals surface area contributed by atoms with Gasteiger partial charge in [-0.1, -0.05) is 0 Å². The maximum Gasteiger partial charge on any atom is 0.349 e. The van der Waals surface area contributed by atoms with E-state index in [0.717, 1.165) is 31.7 Å². The fourth-order valence-corrected chi connectivity index (χ4v) is 2.74. The van der Waals surface area contributed by atoms with E-state index in [0.29, 0.717) is 17.9 Å². The van der Waals surface area contributed by atoms with Crippen LogP contribution in [0.4, 0.5) is 5.82 Å². The van der Waals surface area contributed by atoms with Crippen LogP contribution in [0.2, 0.25) is 0 Å². The van der Waals surface area contributed by atoms with Gasteiger partial charge in [-0.25, -0.2) is 19.3 Å². The van der Waals surface area contributed by atoms with Gasteiger partial charge < -0.3 is 10.0 Å². The summed E-state index contributed by atoms with van der Waals surface area (Å²) in [5.41, 5.74) is -0.291. The molecule has 20 heavy (non-hydrogen) atoms. The van der Waals surface area contributed by atoms with Crippen LogP contribution >= 0.6 is 0 Å². The van der Waals surface area contributed by atoms with Crippen molar-refractivity contribution in [3.05, 3.63) is 22.4 Å². The third-order valence-electron chi connectivity index (χ3n) is 3.94. The Hall–Kier alpha value is -1.89. The van der Waals surface area contributed by atoms with Gasteiger partial charge in [-0.05, 0) is 33.1 Å². The normalized spacial score (nSPS) is 24.1. The molecule has 1 saturated heterocycles. The third-order valence-corrected chi connectivity index (χ3v) is 3.94. The van der Waals surface area contributed by atoms with Crippen LogP contribution in [0, 0.1) is 6.92 Å². The second-order valence-electron chi connectivity index (χ2n) is 5.72. The van der Waals surface area contributed by atoms with Crippen LogP contribution in [0.3, 0.4) is 0 Å². The largest absolute Gasteiger partial charge is 0.390 e. The molecular weight excluding hydrogens is 258 g/mol. The van der Waals surface area contributed by atoms with Crippen molar-refractivity contribution in [2.75, 3.05) is 18.0 Å². The van der Waals surface area contributed by atoms with E-state index in [2.05, 4.69) is 20.1 Å². The Morgan fingerprint density at radius 2 is 2.20 bits per heavy atom. The molecule has 2 aromatic rings. The molecule has 3 rings (SSSR count). The molecule has 0 saturated carbocycles. The monoisotopic (exact) mass is 277 g/mol. The molecule has 2 aromatic heterocycles. The summed E-state index contributed by atoms with van der Waals surface area (Å²) >= 11 is 0. The van der Waals surface area contributed by atoms with Gasteiger partial charge in [-0.2, -0.15) is 5.10 Å². The van der Waals surface area contributed by atoms with Crippen LogP contribution in [-0.4, -0.2) is 43.4 Å². The summed E-state index contributed by atoms with van der Waals surface area (Å²) in [6, 6.07) is 1.81. The van der Waals surface area contributed by atoms with Crippen molar-refractivity contribution in [3.63, 3.8) is 0 Å². The molecule has 0 aromatic carbocycles. The highest BCUT2D eigenvalue weighted by molar-refractivity contribution is 5.51. The fraction of sp³-hybridized carbons (Fsp3) is 0.615. The lowest BCUT2D eigenvalue weighted by atomic mass is 9.98. The van der Waals surface area contributed by atoms with E-state index in [9.17, 15) is 9.90 Å². The summed E-state index contributed by atoms with van der Waals surface area (Å²) in [5.74, 6) is 1.43. The first-order valence-corrected chi connectivity index (χ1v) is 6.88. The SMILES string of the molecule is Cc1nc(N2CCCC(C)(O)CC2)cc2n[nH]c(=O)n12. The maximum absolute atomic E-state index is 11.6. The average Bonchev–Trinajstić information content (AvgIpc) is 2.65. The van der Waals surface area contributed by atoms with Crippen LogP contribution in [0.5, 0.6) is 0 Å². The third kappa shape index (κ3) is 2.29. The molecular formula is C13H19N5O2. The zero-order valence-electron chi connectivity index (χ0n) is 11.8. The molecule has 0 bridgehead atoms. The maximum atomic E-state index is 11.6. The molecule has 0 aliphatic carbocycles. The van der Waals surface area contributed by atoms with Crippen LogP contribution in [0.1, 0.15) is 32.0 Å². The van der Waals surface area contributed by atoms with E-state index >= 15 is 0 Å². The zero-order valence-corrected chi connectivity index (χ0v) is 11.8. The van der Waals surface area contributed by atoms with E-state index < -0.39 is 5.60 Å². The van der Waals surface area contributed by atoms with Gasteiger partial charge in [-0.15, -0.1) is 0 Å². The molecule has 1 aliphatic heterocycles. The average molecular weight is 277 g/mol. The lowest BCUT2D eigenvalue weighted by molar-refractivity contribution is 0.0481. The highest BCUT2D eigenvalue weighted by Gasteiger charge is 2.25. The number of fused-ring (bicyclic) bond motifs is 1. The zero-order chi connectivity index (χ0) is 14.3. The number of nitrogens with one attached hydrogen (secondary N) is 1. The predicted octanol–water partition coefficient (Wildman–Crippen LogP) is 0.467. The molecule has 0 spiro atoms. The summed E-state index contributed by atoms with van der Waals surface area (Å²) in [6.07, 6.45) is 2.44. The van der Waals surface area contributed by atoms with E-state index in [-0.39, 0.29) is 5.69 Å². The number of hydrogen-bond donors (Lipinski definition) is 2. The predicted molar refractivity (Wildman–Crippen MR) is 75.0 cm³/mol. The summed E-state index contributed by atoms with van der Waals surface area (Å²) < 4.78 is 1.46. The van der Waals surface area contributed by atoms with Crippen LogP contribution in [0.15, 0.2) is 10.9 Å². The second kappa shape index (κ2) is 4.59. The Kier molecular flexibility index (Phi) is 3.01. The Morgan fingerprint density at radius 3 is 3.00 bits per heavy atom. The molecule has 1 atom stereocenters. The number of aliphatic hydroxyl groups is 1. The Bertz CT molecular complexity index is 688. The second-order valence-corrected chi connectivity index (χ2v) is 5.72. The van der Waals surface area contributed by atoms with Gasteiger partial charge in [0.05, 0.1) is 5.60 Å². The first-order valence-electron chi connectivity index (χ1n) is 6.88. The minimum Gasteiger partial charge on any atom is -0.390 e. The van der Waals surface area contributed by atoms with Gasteiger partial charge in [-0.3, -0.25) is 0 Å². The lowest BCUT2D eigenvalue weighted by Gasteiger charge is -2.23. The fourth-order valence-electron chi connectivity index (χ4n) is 2.74. The van der Waals surface area contributed by atoms with Gasteiger partial charge in [0.2, 0.25) is 0 Å². The van der Waals surface area contributed by atoms with E-state index in [4.69, 9.17) is 0 Å². The van der Waals surface area contributed by atoms with Crippen molar-refractivity contribution in [2.24, 2.45) is 0 Å². The van der Waals surface area contributed by atoms with E-state index in [1.165, 1.54) is 4.40 Å². The van der Waals surface area contributed by atoms with Crippen molar-refractivity contribution >= 4 is 11.5 Å². The molecule has 2 N–H and O–H groups in total. The Morgan fingerprint density at radius 1 is 1.40 bits per heavy atom. The van der Waals surface area contributed by atoms with Crippen molar-refractivity contribution in [1.82, 2.24) is 19.6 Å². The van der Waals surface area contributed by atoms with Crippen molar-refractivity contribution < 1.29 is 5.11 Å². The molecule has 7 heteroatoms. The Labute approximate surface area is 116 Å². The summed E-state index contributed by atoms with van der Waals surface area (Å²) in [5, 5.41) is 16.6. The molecule has 1 fully saturated rings. The van der Waals surface area contributed by atoms with Gasteiger partial charge in [0.1, 0.15) is 11.6 Å². The first-order chi connectivity index (χ1) is 9.46. The number of nitrogens with zero attached hydrogens (tertiary/aromatic N) is 4. The van der Waals surface area contributed by atoms with Crippen LogP contribution in [0.25, 0.3) is 5.65 Å². The number of rotatable bonds is 1. The molecule has 3 heterocycles. The Balaban J connectivity index is 1.96. The molecule has 7 nitrogen and oxygen atoms in total. The standard InChI is InChI=1S/C13H19N5O2/c1-9-14-10(8-11-15-16-12(19)18(9)11)17-6-3-4-13(2,20)5-7-17/h8,20H,3-7H2,1-2H3,(H,16,19). The van der Waals surface area contributed by atoms with Crippen molar-refractivity contribution in [2.45, 2.75) is 38.7 Å². The quantitative estimate of drug-likeness (QED) is 0.791. The number of hydrogen-bond acceptors (Lipinski definition) is 5. The van der Waals surface area contributed by atoms with Gasteiger partial charge in [0.15, 0.2) is 5.65 Å². The highest BCUT2D eigenvalue weighted by Crippen LogP contribution is 2.24. The number of aryl methyl sites for hydroxylation is 1. The molecule has 0 amide bonds. The highest BCUT2D eigenvalue weighted by atomic mass is 16.3. The number of aromatic nitrogens is 4. The van der Waals surface area contributed by atoms with Crippen molar-refractivity contribution in [3.8, 4) is 0 Å². The topological polar surface area (TPSA) is 86.5 Å². The van der Waals surface area contributed by atoms with E-state index in [1.807, 2.05) is 13.0 Å². The molecule has 1 aliphatic rings.